The number of benzene rings is 1. The van der Waals surface area contributed by atoms with Crippen LogP contribution in [-0.2, 0) is 9.53 Å². The molecule has 0 atom stereocenters. The second-order valence-corrected chi connectivity index (χ2v) is 8.56. The van der Waals surface area contributed by atoms with E-state index in [0.717, 1.165) is 20.0 Å². The Morgan fingerprint density at radius 2 is 2.00 bits per heavy atom. The molecule has 0 saturated carbocycles. The molecule has 0 aliphatic rings. The summed E-state index contributed by atoms with van der Waals surface area (Å²) in [6.45, 7) is 4.01. The number of thioether (sulfide) groups is 1. The number of nitrogens with one attached hydrogen (secondary N) is 1. The van der Waals surface area contributed by atoms with Crippen molar-refractivity contribution in [3.8, 4) is 0 Å². The molecule has 0 fully saturated rings. The minimum Gasteiger partial charge on any atom is -0.462 e. The van der Waals surface area contributed by atoms with Crippen molar-refractivity contribution in [2.45, 2.75) is 25.2 Å². The van der Waals surface area contributed by atoms with Crippen molar-refractivity contribution < 1.29 is 14.3 Å². The van der Waals surface area contributed by atoms with Crippen molar-refractivity contribution in [1.29, 1.82) is 0 Å². The summed E-state index contributed by atoms with van der Waals surface area (Å²) in [5.74, 6) is 0.337. The SMILES string of the molecule is CCOC(=O)c1sc2nc(NC(=O)CCSc3ccccc3)sc2c1C. The van der Waals surface area contributed by atoms with Crippen molar-refractivity contribution in [2.24, 2.45) is 0 Å². The molecule has 0 aliphatic carbocycles. The number of aromatic nitrogens is 1. The summed E-state index contributed by atoms with van der Waals surface area (Å²) in [5.41, 5.74) is 0.862. The molecule has 0 aliphatic heterocycles. The first-order chi connectivity index (χ1) is 12.6. The minimum atomic E-state index is -0.316. The molecule has 0 bridgehead atoms. The van der Waals surface area contributed by atoms with Crippen LogP contribution in [0, 0.1) is 6.92 Å². The van der Waals surface area contributed by atoms with Crippen LogP contribution in [0.25, 0.3) is 9.53 Å². The Morgan fingerprint density at radius 3 is 2.69 bits per heavy atom. The molecule has 3 rings (SSSR count). The molecule has 0 saturated heterocycles. The molecule has 0 radical (unpaired) electrons. The minimum absolute atomic E-state index is 0.0573. The number of anilines is 1. The van der Waals surface area contributed by atoms with Crippen molar-refractivity contribution in [3.63, 3.8) is 0 Å². The summed E-state index contributed by atoms with van der Waals surface area (Å²) in [5, 5.41) is 3.42. The van der Waals surface area contributed by atoms with Gasteiger partial charge in [0.05, 0.1) is 11.3 Å². The van der Waals surface area contributed by atoms with Gasteiger partial charge in [-0.3, -0.25) is 4.79 Å². The highest BCUT2D eigenvalue weighted by atomic mass is 32.2. The zero-order valence-corrected chi connectivity index (χ0v) is 16.9. The van der Waals surface area contributed by atoms with Crippen LogP contribution in [0.1, 0.15) is 28.6 Å². The van der Waals surface area contributed by atoms with E-state index in [0.29, 0.717) is 28.8 Å². The Balaban J connectivity index is 1.58. The standard InChI is InChI=1S/C18H18N2O3S3/c1-3-23-17(22)15-11(2)14-16(25-15)20-18(26-14)19-13(21)9-10-24-12-7-5-4-6-8-12/h4-8H,3,9-10H2,1-2H3,(H,19,20,21). The summed E-state index contributed by atoms with van der Waals surface area (Å²) >= 11 is 4.35. The average Bonchev–Trinajstić information content (AvgIpc) is 3.15. The van der Waals surface area contributed by atoms with Crippen LogP contribution in [0.15, 0.2) is 35.2 Å². The number of rotatable bonds is 7. The molecule has 1 aromatic carbocycles. The van der Waals surface area contributed by atoms with E-state index in [2.05, 4.69) is 10.3 Å². The molecule has 2 heterocycles. The first-order valence-electron chi connectivity index (χ1n) is 8.13. The molecule has 1 N–H and O–H groups in total. The Hall–Kier alpha value is -1.90. The predicted octanol–water partition coefficient (Wildman–Crippen LogP) is 4.96. The van der Waals surface area contributed by atoms with Crippen molar-refractivity contribution in [2.75, 3.05) is 17.7 Å². The molecular formula is C18H18N2O3S3. The van der Waals surface area contributed by atoms with Crippen molar-refractivity contribution >= 4 is 61.0 Å². The van der Waals surface area contributed by atoms with Gasteiger partial charge in [0.25, 0.3) is 0 Å². The van der Waals surface area contributed by atoms with Gasteiger partial charge in [-0.05, 0) is 31.5 Å². The Bertz CT molecular complexity index is 919. The molecule has 3 aromatic rings. The normalized spacial score (nSPS) is 10.8. The van der Waals surface area contributed by atoms with Gasteiger partial charge in [-0.25, -0.2) is 9.78 Å². The highest BCUT2D eigenvalue weighted by Crippen LogP contribution is 2.37. The highest BCUT2D eigenvalue weighted by Gasteiger charge is 2.20. The van der Waals surface area contributed by atoms with E-state index in [4.69, 9.17) is 4.74 Å². The van der Waals surface area contributed by atoms with E-state index in [-0.39, 0.29) is 11.9 Å². The number of nitrogens with zero attached hydrogens (tertiary/aromatic N) is 1. The maximum Gasteiger partial charge on any atom is 0.348 e. The summed E-state index contributed by atoms with van der Waals surface area (Å²) in [6, 6.07) is 10.00. The zero-order chi connectivity index (χ0) is 18.5. The lowest BCUT2D eigenvalue weighted by molar-refractivity contribution is -0.115. The van der Waals surface area contributed by atoms with Crippen LogP contribution in [0.5, 0.6) is 0 Å². The lowest BCUT2D eigenvalue weighted by atomic mass is 10.3. The van der Waals surface area contributed by atoms with Crippen LogP contribution in [0.3, 0.4) is 0 Å². The quantitative estimate of drug-likeness (QED) is 0.443. The average molecular weight is 407 g/mol. The van der Waals surface area contributed by atoms with Gasteiger partial charge in [0.1, 0.15) is 9.71 Å². The number of carbonyl (C=O) groups is 2. The lowest BCUT2D eigenvalue weighted by Crippen LogP contribution is -2.11. The van der Waals surface area contributed by atoms with E-state index >= 15 is 0 Å². The Labute approximate surface area is 163 Å². The monoisotopic (exact) mass is 406 g/mol. The van der Waals surface area contributed by atoms with Gasteiger partial charge in [0, 0.05) is 17.1 Å². The second kappa shape index (κ2) is 8.66. The van der Waals surface area contributed by atoms with Gasteiger partial charge in [-0.2, -0.15) is 0 Å². The fourth-order valence-electron chi connectivity index (χ4n) is 2.29. The number of esters is 1. The topological polar surface area (TPSA) is 68.3 Å². The number of carbonyl (C=O) groups excluding carboxylic acids is 2. The number of fused-ring (bicyclic) bond motifs is 1. The van der Waals surface area contributed by atoms with Gasteiger partial charge in [0.15, 0.2) is 5.13 Å². The van der Waals surface area contributed by atoms with Gasteiger partial charge in [-0.1, -0.05) is 29.5 Å². The molecule has 0 unspecified atom stereocenters. The van der Waals surface area contributed by atoms with Crippen LogP contribution >= 0.6 is 34.4 Å². The third-order valence-electron chi connectivity index (χ3n) is 3.52. The van der Waals surface area contributed by atoms with Gasteiger partial charge in [0.2, 0.25) is 5.91 Å². The number of amides is 1. The highest BCUT2D eigenvalue weighted by molar-refractivity contribution is 7.99. The first kappa shape index (κ1) is 18.9. The van der Waals surface area contributed by atoms with E-state index in [9.17, 15) is 9.59 Å². The maximum atomic E-state index is 12.1. The lowest BCUT2D eigenvalue weighted by Gasteiger charge is -2.02. The van der Waals surface area contributed by atoms with Crippen LogP contribution in [-0.4, -0.2) is 29.2 Å². The van der Waals surface area contributed by atoms with Gasteiger partial charge < -0.3 is 10.1 Å². The Morgan fingerprint density at radius 1 is 1.23 bits per heavy atom. The molecule has 1 amide bonds. The van der Waals surface area contributed by atoms with E-state index in [1.54, 1.807) is 18.7 Å². The number of hydrogen-bond donors (Lipinski definition) is 1. The first-order valence-corrected chi connectivity index (χ1v) is 10.7. The number of thiophene rings is 1. The van der Waals surface area contributed by atoms with Crippen LogP contribution in [0.4, 0.5) is 5.13 Å². The maximum absolute atomic E-state index is 12.1. The molecule has 136 valence electrons. The second-order valence-electron chi connectivity index (χ2n) is 5.39. The largest absolute Gasteiger partial charge is 0.462 e. The number of aryl methyl sites for hydroxylation is 1. The third-order valence-corrected chi connectivity index (χ3v) is 6.92. The van der Waals surface area contributed by atoms with E-state index < -0.39 is 0 Å². The predicted molar refractivity (Wildman–Crippen MR) is 109 cm³/mol. The number of hydrogen-bond acceptors (Lipinski definition) is 7. The summed E-state index contributed by atoms with van der Waals surface area (Å²) in [4.78, 5) is 31.0. The van der Waals surface area contributed by atoms with E-state index in [1.165, 1.54) is 22.7 Å². The molecule has 2 aromatic heterocycles. The summed E-state index contributed by atoms with van der Waals surface area (Å²) < 4.78 is 5.98. The van der Waals surface area contributed by atoms with Crippen LogP contribution < -0.4 is 5.32 Å². The Kier molecular flexibility index (Phi) is 6.29. The third kappa shape index (κ3) is 4.44. The van der Waals surface area contributed by atoms with Gasteiger partial charge >= 0.3 is 5.97 Å². The molecule has 5 nitrogen and oxygen atoms in total. The summed E-state index contributed by atoms with van der Waals surface area (Å²) in [6.07, 6.45) is 0.417. The van der Waals surface area contributed by atoms with Crippen molar-refractivity contribution in [1.82, 2.24) is 4.98 Å². The fraction of sp³-hybridized carbons (Fsp3) is 0.278. The molecule has 26 heavy (non-hydrogen) atoms. The molecule has 8 heteroatoms. The summed E-state index contributed by atoms with van der Waals surface area (Å²) in [7, 11) is 0. The fourth-order valence-corrected chi connectivity index (χ4v) is 5.40. The number of ether oxygens (including phenoxy) is 1. The molecule has 0 spiro atoms. The molecular weight excluding hydrogens is 388 g/mol. The van der Waals surface area contributed by atoms with E-state index in [1.807, 2.05) is 37.3 Å². The zero-order valence-electron chi connectivity index (χ0n) is 14.4. The van der Waals surface area contributed by atoms with Crippen LogP contribution in [0.2, 0.25) is 0 Å². The van der Waals surface area contributed by atoms with Crippen molar-refractivity contribution in [3.05, 3.63) is 40.8 Å². The smallest absolute Gasteiger partial charge is 0.348 e. The van der Waals surface area contributed by atoms with Gasteiger partial charge in [-0.15, -0.1) is 23.1 Å². The number of thiazole rings is 1.